The minimum Gasteiger partial charge on any atom is -0.454 e. The number of hydrogen-bond acceptors (Lipinski definition) is 7. The van der Waals surface area contributed by atoms with Gasteiger partial charge in [0.25, 0.3) is 0 Å². The van der Waals surface area contributed by atoms with E-state index in [0.717, 1.165) is 33.6 Å². The Morgan fingerprint density at radius 3 is 2.96 bits per heavy atom. The van der Waals surface area contributed by atoms with E-state index in [1.54, 1.807) is 6.20 Å². The predicted octanol–water partition coefficient (Wildman–Crippen LogP) is 2.44. The second-order valence-corrected chi connectivity index (χ2v) is 6.58. The lowest BCUT2D eigenvalue weighted by molar-refractivity contribution is 0.174. The maximum atomic E-state index is 6.05. The molecule has 138 valence electrons. The zero-order valence-corrected chi connectivity index (χ0v) is 14.6. The van der Waals surface area contributed by atoms with Crippen molar-refractivity contribution in [1.29, 1.82) is 0 Å². The Hall–Kier alpha value is -4.01. The van der Waals surface area contributed by atoms with Crippen LogP contribution in [0.3, 0.4) is 0 Å². The van der Waals surface area contributed by atoms with Crippen molar-refractivity contribution >= 4 is 22.9 Å². The van der Waals surface area contributed by atoms with Gasteiger partial charge in [-0.05, 0) is 30.3 Å². The van der Waals surface area contributed by atoms with Gasteiger partial charge in [-0.3, -0.25) is 15.0 Å². The number of hydrogen-bond donors (Lipinski definition) is 3. The Kier molecular flexibility index (Phi) is 2.96. The molecule has 0 amide bonds. The van der Waals surface area contributed by atoms with Gasteiger partial charge in [0.05, 0.1) is 22.9 Å². The molecular formula is C19H15N7O2. The second kappa shape index (κ2) is 5.49. The van der Waals surface area contributed by atoms with E-state index in [1.165, 1.54) is 0 Å². The first-order chi connectivity index (χ1) is 13.8. The van der Waals surface area contributed by atoms with Gasteiger partial charge in [0.1, 0.15) is 0 Å². The molecule has 0 fully saturated rings. The molecule has 2 aromatic carbocycles. The lowest BCUT2D eigenvalue weighted by Crippen LogP contribution is -2.31. The van der Waals surface area contributed by atoms with E-state index in [2.05, 4.69) is 25.5 Å². The standard InChI is InChI=1S/C19H15N7O2/c20-18-23-17(26-13-4-2-1-3-12(13)22-19(26)24-18)11-8-21-25-16(11)10-5-6-14-15(7-10)28-9-27-14/h1-8,17H,9H2,(H,21,25)(H3,20,22,23,24)/t17-/m1/s1. The molecule has 9 heteroatoms. The Morgan fingerprint density at radius 2 is 2.00 bits per heavy atom. The van der Waals surface area contributed by atoms with Gasteiger partial charge in [-0.15, -0.1) is 0 Å². The van der Waals surface area contributed by atoms with Crippen LogP contribution in [0.25, 0.3) is 22.3 Å². The number of H-pyrrole nitrogens is 1. The normalized spacial score (nSPS) is 17.3. The van der Waals surface area contributed by atoms with Gasteiger partial charge in [0.15, 0.2) is 23.6 Å². The summed E-state index contributed by atoms with van der Waals surface area (Å²) >= 11 is 0. The molecule has 0 saturated heterocycles. The SMILES string of the molecule is NC1=N[C@@H](c2cn[nH]c2-c2ccc3c(c2)OCO3)n2c(nc3ccccc32)N1. The summed E-state index contributed by atoms with van der Waals surface area (Å²) in [5.74, 6) is 2.40. The number of aliphatic imine (C=N–C) groups is 1. The van der Waals surface area contributed by atoms with Crippen molar-refractivity contribution in [2.24, 2.45) is 10.7 Å². The number of nitrogens with two attached hydrogens (primary N) is 1. The number of para-hydroxylation sites is 2. The van der Waals surface area contributed by atoms with Crippen LogP contribution in [0.1, 0.15) is 11.7 Å². The zero-order valence-electron chi connectivity index (χ0n) is 14.6. The number of rotatable bonds is 2. The van der Waals surface area contributed by atoms with Crippen LogP contribution >= 0.6 is 0 Å². The van der Waals surface area contributed by atoms with E-state index in [0.29, 0.717) is 17.7 Å². The molecule has 0 saturated carbocycles. The number of benzene rings is 2. The summed E-state index contributed by atoms with van der Waals surface area (Å²) in [6.45, 7) is 0.230. The summed E-state index contributed by atoms with van der Waals surface area (Å²) in [7, 11) is 0. The van der Waals surface area contributed by atoms with Gasteiger partial charge >= 0.3 is 0 Å². The number of ether oxygens (including phenoxy) is 2. The Balaban J connectivity index is 1.53. The van der Waals surface area contributed by atoms with Crippen LogP contribution in [0, 0.1) is 0 Å². The van der Waals surface area contributed by atoms with Crippen molar-refractivity contribution < 1.29 is 9.47 Å². The molecule has 9 nitrogen and oxygen atoms in total. The maximum absolute atomic E-state index is 6.05. The first kappa shape index (κ1) is 15.1. The zero-order chi connectivity index (χ0) is 18.7. The Morgan fingerprint density at radius 1 is 1.11 bits per heavy atom. The molecule has 4 aromatic rings. The quantitative estimate of drug-likeness (QED) is 0.497. The average Bonchev–Trinajstić information content (AvgIpc) is 3.43. The third-order valence-electron chi connectivity index (χ3n) is 4.95. The van der Waals surface area contributed by atoms with Crippen LogP contribution in [0.4, 0.5) is 5.95 Å². The average molecular weight is 373 g/mol. The van der Waals surface area contributed by atoms with Gasteiger partial charge in [-0.1, -0.05) is 12.1 Å². The van der Waals surface area contributed by atoms with Crippen LogP contribution in [0.5, 0.6) is 11.5 Å². The number of fused-ring (bicyclic) bond motifs is 4. The molecule has 1 atom stereocenters. The number of aromatic amines is 1. The van der Waals surface area contributed by atoms with Crippen molar-refractivity contribution in [3.8, 4) is 22.8 Å². The maximum Gasteiger partial charge on any atom is 0.231 e. The molecule has 4 heterocycles. The molecular weight excluding hydrogens is 358 g/mol. The summed E-state index contributed by atoms with van der Waals surface area (Å²) in [5, 5.41) is 10.4. The van der Waals surface area contributed by atoms with Crippen molar-refractivity contribution in [1.82, 2.24) is 19.7 Å². The van der Waals surface area contributed by atoms with E-state index >= 15 is 0 Å². The molecule has 2 aliphatic heterocycles. The van der Waals surface area contributed by atoms with Gasteiger partial charge in [-0.25, -0.2) is 9.98 Å². The lowest BCUT2D eigenvalue weighted by Gasteiger charge is -2.23. The molecule has 0 bridgehead atoms. The number of guanidine groups is 1. The highest BCUT2D eigenvalue weighted by atomic mass is 16.7. The smallest absolute Gasteiger partial charge is 0.231 e. The Labute approximate surface area is 158 Å². The first-order valence-electron chi connectivity index (χ1n) is 8.78. The molecule has 2 aliphatic rings. The molecule has 0 radical (unpaired) electrons. The molecule has 2 aromatic heterocycles. The fourth-order valence-corrected chi connectivity index (χ4v) is 3.70. The summed E-state index contributed by atoms with van der Waals surface area (Å²) in [4.78, 5) is 9.27. The van der Waals surface area contributed by atoms with Crippen molar-refractivity contribution in [2.75, 3.05) is 12.1 Å². The topological polar surface area (TPSA) is 115 Å². The fraction of sp³-hybridized carbons (Fsp3) is 0.105. The van der Waals surface area contributed by atoms with Gasteiger partial charge in [0.2, 0.25) is 12.7 Å². The fourth-order valence-electron chi connectivity index (χ4n) is 3.70. The van der Waals surface area contributed by atoms with E-state index in [9.17, 15) is 0 Å². The Bertz CT molecular complexity index is 1260. The third-order valence-corrected chi connectivity index (χ3v) is 4.95. The molecule has 28 heavy (non-hydrogen) atoms. The van der Waals surface area contributed by atoms with Crippen molar-refractivity contribution in [2.45, 2.75) is 6.17 Å². The van der Waals surface area contributed by atoms with Crippen molar-refractivity contribution in [3.63, 3.8) is 0 Å². The summed E-state index contributed by atoms with van der Waals surface area (Å²) < 4.78 is 12.9. The molecule has 6 rings (SSSR count). The van der Waals surface area contributed by atoms with Crippen LogP contribution in [0.15, 0.2) is 53.7 Å². The molecule has 0 aliphatic carbocycles. The van der Waals surface area contributed by atoms with Crippen LogP contribution in [-0.2, 0) is 0 Å². The minimum absolute atomic E-state index is 0.230. The molecule has 4 N–H and O–H groups in total. The van der Waals surface area contributed by atoms with Gasteiger partial charge < -0.3 is 15.2 Å². The number of imidazole rings is 1. The largest absolute Gasteiger partial charge is 0.454 e. The number of nitrogens with one attached hydrogen (secondary N) is 2. The molecule has 0 unspecified atom stereocenters. The second-order valence-electron chi connectivity index (χ2n) is 6.58. The minimum atomic E-state index is -0.400. The number of aromatic nitrogens is 4. The lowest BCUT2D eigenvalue weighted by atomic mass is 10.1. The predicted molar refractivity (Wildman–Crippen MR) is 103 cm³/mol. The highest BCUT2D eigenvalue weighted by molar-refractivity contribution is 5.95. The monoisotopic (exact) mass is 373 g/mol. The number of nitrogens with zero attached hydrogens (tertiary/aromatic N) is 4. The summed E-state index contributed by atoms with van der Waals surface area (Å²) in [5.41, 5.74) is 10.5. The van der Waals surface area contributed by atoms with Crippen molar-refractivity contribution in [3.05, 3.63) is 54.2 Å². The van der Waals surface area contributed by atoms with Crippen LogP contribution < -0.4 is 20.5 Å². The highest BCUT2D eigenvalue weighted by Crippen LogP contribution is 2.39. The summed E-state index contributed by atoms with van der Waals surface area (Å²) in [6, 6.07) is 13.7. The van der Waals surface area contributed by atoms with E-state index in [-0.39, 0.29) is 6.79 Å². The summed E-state index contributed by atoms with van der Waals surface area (Å²) in [6.07, 6.45) is 1.37. The van der Waals surface area contributed by atoms with Crippen LogP contribution in [-0.4, -0.2) is 32.5 Å². The van der Waals surface area contributed by atoms with E-state index in [4.69, 9.17) is 15.2 Å². The number of anilines is 1. The van der Waals surface area contributed by atoms with E-state index in [1.807, 2.05) is 47.0 Å². The molecule has 0 spiro atoms. The highest BCUT2D eigenvalue weighted by Gasteiger charge is 2.28. The van der Waals surface area contributed by atoms with Gasteiger partial charge in [-0.2, -0.15) is 5.10 Å². The van der Waals surface area contributed by atoms with E-state index < -0.39 is 6.17 Å². The first-order valence-corrected chi connectivity index (χ1v) is 8.78. The van der Waals surface area contributed by atoms with Gasteiger partial charge in [0, 0.05) is 11.1 Å². The van der Waals surface area contributed by atoms with Crippen LogP contribution in [0.2, 0.25) is 0 Å². The third kappa shape index (κ3) is 2.10.